The minimum Gasteiger partial charge on any atom is -0.467 e. The molecular formula is C10H14N6OS. The minimum absolute atomic E-state index is 0.288. The number of rotatable bonds is 4. The third-order valence-electron chi connectivity index (χ3n) is 2.16. The van der Waals surface area contributed by atoms with Gasteiger partial charge in [0.2, 0.25) is 11.1 Å². The van der Waals surface area contributed by atoms with Crippen LogP contribution in [0, 0.1) is 6.92 Å². The summed E-state index contributed by atoms with van der Waals surface area (Å²) in [5.41, 5.74) is 0.954. The molecular weight excluding hydrogens is 252 g/mol. The van der Waals surface area contributed by atoms with Crippen molar-refractivity contribution in [2.45, 2.75) is 17.1 Å². The zero-order valence-corrected chi connectivity index (χ0v) is 11.4. The molecule has 7 nitrogen and oxygen atoms in total. The molecule has 0 amide bonds. The van der Waals surface area contributed by atoms with Gasteiger partial charge in [0.05, 0.1) is 12.8 Å². The molecule has 18 heavy (non-hydrogen) atoms. The maximum atomic E-state index is 5.03. The first kappa shape index (κ1) is 12.6. The summed E-state index contributed by atoms with van der Waals surface area (Å²) >= 11 is 1.41. The average Bonchev–Trinajstić information content (AvgIpc) is 2.67. The van der Waals surface area contributed by atoms with E-state index in [1.54, 1.807) is 11.7 Å². The van der Waals surface area contributed by atoms with Crippen LogP contribution in [0.5, 0.6) is 6.01 Å². The summed E-state index contributed by atoms with van der Waals surface area (Å²) < 4.78 is 6.82. The molecule has 0 aliphatic carbocycles. The molecule has 96 valence electrons. The lowest BCUT2D eigenvalue weighted by atomic mass is 10.5. The van der Waals surface area contributed by atoms with E-state index >= 15 is 0 Å². The molecule has 2 rings (SSSR count). The smallest absolute Gasteiger partial charge is 0.321 e. The highest BCUT2D eigenvalue weighted by atomic mass is 32.2. The summed E-state index contributed by atoms with van der Waals surface area (Å²) in [7, 11) is 5.15. The highest BCUT2D eigenvalue weighted by molar-refractivity contribution is 7.99. The van der Waals surface area contributed by atoms with Crippen molar-refractivity contribution in [1.82, 2.24) is 24.7 Å². The zero-order chi connectivity index (χ0) is 13.1. The van der Waals surface area contributed by atoms with Crippen molar-refractivity contribution in [2.75, 3.05) is 19.5 Å². The number of ether oxygens (including phenoxy) is 1. The van der Waals surface area contributed by atoms with Crippen molar-refractivity contribution in [1.29, 1.82) is 0 Å². The van der Waals surface area contributed by atoms with Gasteiger partial charge < -0.3 is 10.1 Å². The van der Waals surface area contributed by atoms with Crippen LogP contribution >= 0.6 is 11.8 Å². The van der Waals surface area contributed by atoms with Crippen LogP contribution in [0.15, 0.2) is 16.2 Å². The van der Waals surface area contributed by atoms with Crippen LogP contribution in [0.1, 0.15) is 5.69 Å². The number of aromatic nitrogens is 5. The standard InChI is InChI=1S/C10H14N6OS/c1-6-5-7(16(3)15-6)18-10-13-8(11-2)12-9(14-10)17-4/h5H,1-4H3,(H,11,12,13,14). The van der Waals surface area contributed by atoms with Gasteiger partial charge in [0.1, 0.15) is 5.03 Å². The van der Waals surface area contributed by atoms with E-state index in [9.17, 15) is 0 Å². The van der Waals surface area contributed by atoms with Gasteiger partial charge in [-0.15, -0.1) is 0 Å². The predicted molar refractivity (Wildman–Crippen MR) is 68.0 cm³/mol. The van der Waals surface area contributed by atoms with Crippen LogP contribution in [0.25, 0.3) is 0 Å². The van der Waals surface area contributed by atoms with E-state index in [1.807, 2.05) is 20.0 Å². The fourth-order valence-electron chi connectivity index (χ4n) is 1.36. The van der Waals surface area contributed by atoms with Gasteiger partial charge in [-0.05, 0) is 24.8 Å². The second-order valence-corrected chi connectivity index (χ2v) is 4.52. The number of anilines is 1. The molecule has 0 radical (unpaired) electrons. The largest absolute Gasteiger partial charge is 0.467 e. The Labute approximate surface area is 109 Å². The van der Waals surface area contributed by atoms with Gasteiger partial charge in [-0.3, -0.25) is 4.68 Å². The number of hydrogen-bond donors (Lipinski definition) is 1. The first-order valence-electron chi connectivity index (χ1n) is 5.28. The van der Waals surface area contributed by atoms with E-state index in [-0.39, 0.29) is 6.01 Å². The first-order valence-corrected chi connectivity index (χ1v) is 6.10. The van der Waals surface area contributed by atoms with E-state index in [0.717, 1.165) is 10.7 Å². The van der Waals surface area contributed by atoms with Gasteiger partial charge in [0.25, 0.3) is 0 Å². The summed E-state index contributed by atoms with van der Waals surface area (Å²) in [4.78, 5) is 12.5. The third-order valence-corrected chi connectivity index (χ3v) is 3.11. The summed E-state index contributed by atoms with van der Waals surface area (Å²) in [5, 5.41) is 8.66. The third kappa shape index (κ3) is 2.70. The van der Waals surface area contributed by atoms with Crippen LogP contribution in [-0.2, 0) is 7.05 Å². The van der Waals surface area contributed by atoms with Crippen molar-refractivity contribution in [3.63, 3.8) is 0 Å². The average molecular weight is 266 g/mol. The number of methoxy groups -OCH3 is 1. The lowest BCUT2D eigenvalue weighted by molar-refractivity contribution is 0.373. The van der Waals surface area contributed by atoms with Crippen LogP contribution in [0.3, 0.4) is 0 Å². The van der Waals surface area contributed by atoms with Gasteiger partial charge in [-0.25, -0.2) is 0 Å². The number of hydrogen-bond acceptors (Lipinski definition) is 7. The Morgan fingerprint density at radius 3 is 2.67 bits per heavy atom. The first-order chi connectivity index (χ1) is 8.62. The molecule has 1 N–H and O–H groups in total. The summed E-state index contributed by atoms with van der Waals surface area (Å²) in [6.45, 7) is 1.94. The summed E-state index contributed by atoms with van der Waals surface area (Å²) in [6.07, 6.45) is 0. The fraction of sp³-hybridized carbons (Fsp3) is 0.400. The number of aryl methyl sites for hydroxylation is 2. The molecule has 0 atom stereocenters. The van der Waals surface area contributed by atoms with Gasteiger partial charge in [0.15, 0.2) is 0 Å². The molecule has 0 saturated heterocycles. The number of nitrogens with zero attached hydrogens (tertiary/aromatic N) is 5. The molecule has 2 heterocycles. The molecule has 0 fully saturated rings. The Kier molecular flexibility index (Phi) is 3.66. The molecule has 0 saturated carbocycles. The van der Waals surface area contributed by atoms with E-state index in [1.165, 1.54) is 18.9 Å². The normalized spacial score (nSPS) is 10.4. The molecule has 0 spiro atoms. The Hall–Kier alpha value is -1.83. The summed E-state index contributed by atoms with van der Waals surface area (Å²) in [5.74, 6) is 0.475. The van der Waals surface area contributed by atoms with Crippen molar-refractivity contribution in [2.24, 2.45) is 7.05 Å². The molecule has 2 aromatic heterocycles. The second kappa shape index (κ2) is 5.21. The van der Waals surface area contributed by atoms with Crippen LogP contribution in [0.2, 0.25) is 0 Å². The lowest BCUT2D eigenvalue weighted by Crippen LogP contribution is -2.03. The van der Waals surface area contributed by atoms with E-state index in [2.05, 4.69) is 25.4 Å². The van der Waals surface area contributed by atoms with Crippen LogP contribution in [-0.4, -0.2) is 38.9 Å². The minimum atomic E-state index is 0.288. The topological polar surface area (TPSA) is 77.8 Å². The number of nitrogens with one attached hydrogen (secondary N) is 1. The summed E-state index contributed by atoms with van der Waals surface area (Å²) in [6, 6.07) is 2.26. The highest BCUT2D eigenvalue weighted by Crippen LogP contribution is 2.26. The molecule has 0 bridgehead atoms. The SMILES string of the molecule is CNc1nc(OC)nc(Sc2cc(C)nn2C)n1. The molecule has 0 unspecified atom stereocenters. The lowest BCUT2D eigenvalue weighted by Gasteiger charge is -2.05. The Morgan fingerprint density at radius 2 is 2.11 bits per heavy atom. The molecule has 0 aliphatic rings. The van der Waals surface area contributed by atoms with Gasteiger partial charge in [-0.2, -0.15) is 20.1 Å². The van der Waals surface area contributed by atoms with Crippen LogP contribution in [0.4, 0.5) is 5.95 Å². The van der Waals surface area contributed by atoms with Gasteiger partial charge >= 0.3 is 6.01 Å². The van der Waals surface area contributed by atoms with E-state index in [0.29, 0.717) is 11.1 Å². The molecule has 8 heteroatoms. The predicted octanol–water partition coefficient (Wildman–Crippen LogP) is 1.12. The monoisotopic (exact) mass is 266 g/mol. The van der Waals surface area contributed by atoms with Crippen molar-refractivity contribution in [3.05, 3.63) is 11.8 Å². The Morgan fingerprint density at radius 1 is 1.33 bits per heavy atom. The van der Waals surface area contributed by atoms with E-state index < -0.39 is 0 Å². The Bertz CT molecular complexity index is 533. The van der Waals surface area contributed by atoms with Crippen LogP contribution < -0.4 is 10.1 Å². The maximum absolute atomic E-state index is 5.03. The van der Waals surface area contributed by atoms with Gasteiger partial charge in [0, 0.05) is 14.1 Å². The molecule has 0 aromatic carbocycles. The van der Waals surface area contributed by atoms with Crippen molar-refractivity contribution in [3.8, 4) is 6.01 Å². The molecule has 2 aromatic rings. The molecule has 0 aliphatic heterocycles. The van der Waals surface area contributed by atoms with Crippen molar-refractivity contribution < 1.29 is 4.74 Å². The highest BCUT2D eigenvalue weighted by Gasteiger charge is 2.10. The van der Waals surface area contributed by atoms with Crippen molar-refractivity contribution >= 4 is 17.7 Å². The quantitative estimate of drug-likeness (QED) is 0.888. The maximum Gasteiger partial charge on any atom is 0.321 e. The zero-order valence-electron chi connectivity index (χ0n) is 10.6. The fourth-order valence-corrected chi connectivity index (χ4v) is 2.21. The second-order valence-electron chi connectivity index (χ2n) is 3.53. The Balaban J connectivity index is 2.30. The van der Waals surface area contributed by atoms with E-state index in [4.69, 9.17) is 4.74 Å². The van der Waals surface area contributed by atoms with Gasteiger partial charge in [-0.1, -0.05) is 0 Å².